The van der Waals surface area contributed by atoms with Crippen LogP contribution in [0.5, 0.6) is 0 Å². The van der Waals surface area contributed by atoms with Crippen molar-refractivity contribution in [3.05, 3.63) is 46.1 Å². The smallest absolute Gasteiger partial charge is 0.260 e. The Morgan fingerprint density at radius 3 is 2.77 bits per heavy atom. The summed E-state index contributed by atoms with van der Waals surface area (Å²) in [5.74, 6) is 0.0943. The molecule has 1 atom stereocenters. The molecule has 0 spiro atoms. The molecule has 1 N–H and O–H groups in total. The molecule has 1 aliphatic heterocycles. The Kier molecular flexibility index (Phi) is 5.99. The maximum absolute atomic E-state index is 12.7. The lowest BCUT2D eigenvalue weighted by atomic mass is 10.1. The van der Waals surface area contributed by atoms with Crippen molar-refractivity contribution < 1.29 is 13.2 Å². The fourth-order valence-corrected chi connectivity index (χ4v) is 7.18. The van der Waals surface area contributed by atoms with E-state index in [2.05, 4.69) is 9.97 Å². The molecule has 2 aromatic heterocycles. The highest BCUT2D eigenvalue weighted by Gasteiger charge is 2.33. The Bertz CT molecular complexity index is 1240. The molecule has 158 valence electrons. The van der Waals surface area contributed by atoms with Crippen LogP contribution in [0.1, 0.15) is 13.3 Å². The highest BCUT2D eigenvalue weighted by Crippen LogP contribution is 2.31. The number of sulfone groups is 1. The lowest BCUT2D eigenvalue weighted by molar-refractivity contribution is -0.129. The summed E-state index contributed by atoms with van der Waals surface area (Å²) in [5, 5.41) is 2.85. The number of fused-ring (bicyclic) bond motifs is 1. The third-order valence-corrected chi connectivity index (χ3v) is 8.63. The molecule has 0 radical (unpaired) electrons. The van der Waals surface area contributed by atoms with Gasteiger partial charge in [-0.15, -0.1) is 11.3 Å². The molecule has 1 saturated heterocycles. The number of nitrogens with one attached hydrogen (secondary N) is 1. The first kappa shape index (κ1) is 21.1. The summed E-state index contributed by atoms with van der Waals surface area (Å²) < 4.78 is 23.5. The minimum atomic E-state index is -3.06. The zero-order valence-corrected chi connectivity index (χ0v) is 18.8. The van der Waals surface area contributed by atoms with Crippen LogP contribution in [0.15, 0.2) is 45.7 Å². The highest BCUT2D eigenvalue weighted by molar-refractivity contribution is 7.99. The lowest BCUT2D eigenvalue weighted by Gasteiger charge is -2.26. The fraction of sp³-hybridized carbons (Fsp3) is 0.350. The average molecular weight is 464 g/mol. The van der Waals surface area contributed by atoms with E-state index >= 15 is 0 Å². The van der Waals surface area contributed by atoms with Crippen LogP contribution in [-0.2, 0) is 14.6 Å². The molecular weight excluding hydrogens is 442 g/mol. The summed E-state index contributed by atoms with van der Waals surface area (Å²) in [6.07, 6.45) is 0.477. The Morgan fingerprint density at radius 2 is 2.10 bits per heavy atom. The summed E-state index contributed by atoms with van der Waals surface area (Å²) in [5.41, 5.74) is 1.57. The molecular formula is C20H21N3O4S3. The third kappa shape index (κ3) is 4.30. The second-order valence-corrected chi connectivity index (χ2v) is 11.1. The Morgan fingerprint density at radius 1 is 1.33 bits per heavy atom. The van der Waals surface area contributed by atoms with E-state index in [1.54, 1.807) is 4.90 Å². The Labute approximate surface area is 182 Å². The number of hydrogen-bond donors (Lipinski definition) is 1. The van der Waals surface area contributed by atoms with Crippen LogP contribution in [0.3, 0.4) is 0 Å². The van der Waals surface area contributed by atoms with Crippen LogP contribution in [0, 0.1) is 0 Å². The first-order valence-electron chi connectivity index (χ1n) is 9.57. The molecule has 0 unspecified atom stereocenters. The number of thioether (sulfide) groups is 1. The standard InChI is InChI=1S/C20H21N3O4S3/c1-2-23(14-8-9-30(26,27)12-14)16(24)11-29-20-21-18(25)17-15(10-28-19(17)22-20)13-6-4-3-5-7-13/h3-7,10,14H,2,8-9,11-12H2,1H3,(H,21,22,25)/t14-/m1/s1. The van der Waals surface area contributed by atoms with Crippen LogP contribution in [0.4, 0.5) is 0 Å². The Balaban J connectivity index is 1.51. The number of thiophene rings is 1. The van der Waals surface area contributed by atoms with Crippen molar-refractivity contribution in [2.45, 2.75) is 24.5 Å². The van der Waals surface area contributed by atoms with Crippen molar-refractivity contribution in [2.75, 3.05) is 23.8 Å². The minimum Gasteiger partial charge on any atom is -0.338 e. The molecule has 7 nitrogen and oxygen atoms in total. The first-order valence-corrected chi connectivity index (χ1v) is 13.3. The second kappa shape index (κ2) is 8.52. The van der Waals surface area contributed by atoms with Crippen molar-refractivity contribution in [1.82, 2.24) is 14.9 Å². The third-order valence-electron chi connectivity index (χ3n) is 5.15. The zero-order chi connectivity index (χ0) is 21.3. The maximum Gasteiger partial charge on any atom is 0.260 e. The molecule has 0 saturated carbocycles. The number of amides is 1. The van der Waals surface area contributed by atoms with Gasteiger partial charge in [-0.1, -0.05) is 42.1 Å². The number of hydrogen-bond acceptors (Lipinski definition) is 7. The van der Waals surface area contributed by atoms with Gasteiger partial charge in [-0.3, -0.25) is 9.59 Å². The number of H-pyrrole nitrogens is 1. The molecule has 0 aliphatic carbocycles. The van der Waals surface area contributed by atoms with Crippen LogP contribution in [0.25, 0.3) is 21.3 Å². The van der Waals surface area contributed by atoms with Crippen molar-refractivity contribution in [3.8, 4) is 11.1 Å². The van der Waals surface area contributed by atoms with E-state index in [9.17, 15) is 18.0 Å². The molecule has 10 heteroatoms. The van der Waals surface area contributed by atoms with E-state index in [1.165, 1.54) is 11.3 Å². The molecule has 4 rings (SSSR count). The number of rotatable bonds is 6. The van der Waals surface area contributed by atoms with E-state index < -0.39 is 9.84 Å². The fourth-order valence-electron chi connectivity index (χ4n) is 3.70. The molecule has 1 amide bonds. The van der Waals surface area contributed by atoms with Gasteiger partial charge in [-0.2, -0.15) is 0 Å². The van der Waals surface area contributed by atoms with Gasteiger partial charge in [0.25, 0.3) is 5.56 Å². The van der Waals surface area contributed by atoms with Crippen molar-refractivity contribution in [1.29, 1.82) is 0 Å². The summed E-state index contributed by atoms with van der Waals surface area (Å²) in [4.78, 5) is 34.9. The first-order chi connectivity index (χ1) is 14.4. The predicted octanol–water partition coefficient (Wildman–Crippen LogP) is 2.78. The van der Waals surface area contributed by atoms with E-state index in [0.29, 0.717) is 28.3 Å². The minimum absolute atomic E-state index is 0.0236. The van der Waals surface area contributed by atoms with Gasteiger partial charge in [-0.25, -0.2) is 13.4 Å². The van der Waals surface area contributed by atoms with Crippen LogP contribution < -0.4 is 5.56 Å². The van der Waals surface area contributed by atoms with E-state index in [4.69, 9.17) is 0 Å². The molecule has 3 heterocycles. The zero-order valence-electron chi connectivity index (χ0n) is 16.3. The second-order valence-electron chi connectivity index (χ2n) is 7.09. The van der Waals surface area contributed by atoms with Crippen LogP contribution in [-0.4, -0.2) is 59.0 Å². The van der Waals surface area contributed by atoms with E-state index in [1.807, 2.05) is 42.6 Å². The molecule has 1 aliphatic rings. The summed E-state index contributed by atoms with van der Waals surface area (Å²) in [6, 6.07) is 9.40. The number of aromatic nitrogens is 2. The number of aromatic amines is 1. The van der Waals surface area contributed by atoms with Gasteiger partial charge in [0.15, 0.2) is 15.0 Å². The highest BCUT2D eigenvalue weighted by atomic mass is 32.2. The quantitative estimate of drug-likeness (QED) is 0.446. The number of carbonyl (C=O) groups excluding carboxylic acids is 1. The van der Waals surface area contributed by atoms with Gasteiger partial charge in [0.05, 0.1) is 22.6 Å². The topological polar surface area (TPSA) is 100 Å². The van der Waals surface area contributed by atoms with Crippen molar-refractivity contribution in [2.24, 2.45) is 0 Å². The number of nitrogens with zero attached hydrogens (tertiary/aromatic N) is 2. The maximum atomic E-state index is 12.7. The average Bonchev–Trinajstić information content (AvgIpc) is 3.31. The predicted molar refractivity (Wildman–Crippen MR) is 121 cm³/mol. The van der Waals surface area contributed by atoms with Crippen LogP contribution >= 0.6 is 23.1 Å². The summed E-state index contributed by atoms with van der Waals surface area (Å²) in [7, 11) is -3.06. The van der Waals surface area contributed by atoms with Gasteiger partial charge >= 0.3 is 0 Å². The Hall–Kier alpha value is -2.17. The summed E-state index contributed by atoms with van der Waals surface area (Å²) in [6.45, 7) is 2.30. The van der Waals surface area contributed by atoms with Crippen LogP contribution in [0.2, 0.25) is 0 Å². The van der Waals surface area contributed by atoms with E-state index in [-0.39, 0.29) is 34.8 Å². The monoisotopic (exact) mass is 463 g/mol. The van der Waals surface area contributed by atoms with Gasteiger partial charge in [0, 0.05) is 23.5 Å². The SMILES string of the molecule is CCN(C(=O)CSc1nc2scc(-c3ccccc3)c2c(=O)[nH]1)[C@@H]1CCS(=O)(=O)C1. The molecule has 1 fully saturated rings. The number of benzene rings is 1. The molecule has 30 heavy (non-hydrogen) atoms. The largest absolute Gasteiger partial charge is 0.338 e. The summed E-state index contributed by atoms with van der Waals surface area (Å²) >= 11 is 2.56. The normalized spacial score (nSPS) is 18.0. The molecule has 1 aromatic carbocycles. The van der Waals surface area contributed by atoms with Gasteiger partial charge < -0.3 is 9.88 Å². The van der Waals surface area contributed by atoms with E-state index in [0.717, 1.165) is 22.9 Å². The molecule has 3 aromatic rings. The van der Waals surface area contributed by atoms with Crippen molar-refractivity contribution in [3.63, 3.8) is 0 Å². The van der Waals surface area contributed by atoms with Crippen molar-refractivity contribution >= 4 is 49.1 Å². The molecule has 0 bridgehead atoms. The van der Waals surface area contributed by atoms with Gasteiger partial charge in [-0.05, 0) is 18.9 Å². The lowest BCUT2D eigenvalue weighted by Crippen LogP contribution is -2.42. The van der Waals surface area contributed by atoms with Gasteiger partial charge in [0.2, 0.25) is 5.91 Å². The van der Waals surface area contributed by atoms with Gasteiger partial charge in [0.1, 0.15) is 4.83 Å². The number of carbonyl (C=O) groups is 1.